The summed E-state index contributed by atoms with van der Waals surface area (Å²) in [6, 6.07) is 9.73. The first kappa shape index (κ1) is 16.3. The molecule has 1 aliphatic carbocycles. The van der Waals surface area contributed by atoms with E-state index < -0.39 is 0 Å². The van der Waals surface area contributed by atoms with Crippen LogP contribution in [0.3, 0.4) is 0 Å². The zero-order valence-corrected chi connectivity index (χ0v) is 14.1. The average molecular weight is 330 g/mol. The second kappa shape index (κ2) is 7.32. The van der Waals surface area contributed by atoms with E-state index in [-0.39, 0.29) is 18.6 Å². The van der Waals surface area contributed by atoms with Crippen LogP contribution in [0.5, 0.6) is 0 Å². The number of fused-ring (bicyclic) bond motifs is 1. The molecule has 23 heavy (non-hydrogen) atoms. The Bertz CT molecular complexity index is 694. The van der Waals surface area contributed by atoms with Gasteiger partial charge in [-0.3, -0.25) is 9.78 Å². The fourth-order valence-electron chi connectivity index (χ4n) is 2.79. The van der Waals surface area contributed by atoms with Crippen molar-refractivity contribution in [3.05, 3.63) is 41.6 Å². The zero-order chi connectivity index (χ0) is 16.2. The third-order valence-electron chi connectivity index (χ3n) is 4.16. The van der Waals surface area contributed by atoms with Crippen molar-refractivity contribution in [3.63, 3.8) is 0 Å². The van der Waals surface area contributed by atoms with Gasteiger partial charge in [-0.2, -0.15) is 11.8 Å². The Labute approximate surface area is 140 Å². The molecule has 1 atom stereocenters. The summed E-state index contributed by atoms with van der Waals surface area (Å²) in [7, 11) is 0. The molecule has 1 heterocycles. The highest BCUT2D eigenvalue weighted by Gasteiger charge is 2.27. The monoisotopic (exact) mass is 330 g/mol. The molecule has 3 rings (SSSR count). The van der Waals surface area contributed by atoms with E-state index in [1.165, 1.54) is 0 Å². The fourth-order valence-corrected chi connectivity index (χ4v) is 3.44. The molecule has 0 spiro atoms. The summed E-state index contributed by atoms with van der Waals surface area (Å²) < 4.78 is 0. The first-order chi connectivity index (χ1) is 11.2. The molecule has 0 radical (unpaired) electrons. The van der Waals surface area contributed by atoms with Crippen molar-refractivity contribution < 1.29 is 9.90 Å². The Morgan fingerprint density at radius 2 is 2.22 bits per heavy atom. The number of aliphatic hydroxyl groups excluding tert-OH is 1. The molecule has 1 unspecified atom stereocenters. The molecular formula is C18H22N2O2S. The number of aromatic nitrogens is 1. The number of thioether (sulfide) groups is 1. The maximum atomic E-state index is 12.8. The van der Waals surface area contributed by atoms with Gasteiger partial charge in [-0.1, -0.05) is 18.2 Å². The molecule has 2 aromatic rings. The van der Waals surface area contributed by atoms with Gasteiger partial charge in [0.2, 0.25) is 0 Å². The number of rotatable bonds is 7. The maximum absolute atomic E-state index is 12.8. The normalized spacial score (nSPS) is 15.6. The van der Waals surface area contributed by atoms with Gasteiger partial charge in [0.15, 0.2) is 0 Å². The minimum Gasteiger partial charge on any atom is -0.396 e. The number of aliphatic hydroxyl groups is 1. The lowest BCUT2D eigenvalue weighted by molar-refractivity contribution is 0.0937. The van der Waals surface area contributed by atoms with Crippen LogP contribution in [0, 0.1) is 0 Å². The number of carbonyl (C=O) groups excluding carboxylic acids is 1. The van der Waals surface area contributed by atoms with E-state index in [9.17, 15) is 9.90 Å². The van der Waals surface area contributed by atoms with E-state index in [4.69, 9.17) is 4.98 Å². The Morgan fingerprint density at radius 3 is 2.91 bits per heavy atom. The van der Waals surface area contributed by atoms with Crippen LogP contribution in [-0.4, -0.2) is 40.7 Å². The van der Waals surface area contributed by atoms with Gasteiger partial charge in [0.05, 0.1) is 11.1 Å². The third kappa shape index (κ3) is 3.85. The van der Waals surface area contributed by atoms with Crippen molar-refractivity contribution in [2.24, 2.45) is 0 Å². The molecule has 1 saturated carbocycles. The maximum Gasteiger partial charge on any atom is 0.252 e. The molecule has 0 saturated heterocycles. The zero-order valence-electron chi connectivity index (χ0n) is 13.3. The topological polar surface area (TPSA) is 62.2 Å². The van der Waals surface area contributed by atoms with E-state index in [0.717, 1.165) is 35.2 Å². The van der Waals surface area contributed by atoms with Crippen molar-refractivity contribution in [1.29, 1.82) is 0 Å². The van der Waals surface area contributed by atoms with Gasteiger partial charge in [0.1, 0.15) is 0 Å². The molecule has 1 aromatic heterocycles. The number of nitrogens with zero attached hydrogens (tertiary/aromatic N) is 1. The quantitative estimate of drug-likeness (QED) is 0.819. The fraction of sp³-hybridized carbons (Fsp3) is 0.444. The summed E-state index contributed by atoms with van der Waals surface area (Å²) in [6.07, 6.45) is 4.90. The van der Waals surface area contributed by atoms with Crippen LogP contribution in [-0.2, 0) is 0 Å². The summed E-state index contributed by atoms with van der Waals surface area (Å²) >= 11 is 1.67. The average Bonchev–Trinajstić information content (AvgIpc) is 3.39. The lowest BCUT2D eigenvalue weighted by Gasteiger charge is -2.18. The van der Waals surface area contributed by atoms with E-state index in [2.05, 4.69) is 5.32 Å². The van der Waals surface area contributed by atoms with Gasteiger partial charge in [0, 0.05) is 35.4 Å². The van der Waals surface area contributed by atoms with Crippen LogP contribution >= 0.6 is 11.8 Å². The lowest BCUT2D eigenvalue weighted by Crippen LogP contribution is -2.37. The van der Waals surface area contributed by atoms with E-state index in [0.29, 0.717) is 17.9 Å². The molecular weight excluding hydrogens is 308 g/mol. The first-order valence-electron chi connectivity index (χ1n) is 8.03. The molecule has 2 N–H and O–H groups in total. The highest BCUT2D eigenvalue weighted by atomic mass is 32.2. The third-order valence-corrected chi connectivity index (χ3v) is 4.89. The number of benzene rings is 1. The van der Waals surface area contributed by atoms with Gasteiger partial charge < -0.3 is 10.4 Å². The van der Waals surface area contributed by atoms with Crippen molar-refractivity contribution in [1.82, 2.24) is 10.3 Å². The second-order valence-corrected chi connectivity index (χ2v) is 6.93. The molecule has 1 aliphatic rings. The molecule has 0 aliphatic heterocycles. The summed E-state index contributed by atoms with van der Waals surface area (Å²) in [5.74, 6) is 1.23. The van der Waals surface area contributed by atoms with E-state index >= 15 is 0 Å². The largest absolute Gasteiger partial charge is 0.396 e. The van der Waals surface area contributed by atoms with Crippen LogP contribution in [0.2, 0.25) is 0 Å². The highest BCUT2D eigenvalue weighted by molar-refractivity contribution is 7.98. The van der Waals surface area contributed by atoms with Gasteiger partial charge in [-0.05, 0) is 37.7 Å². The molecule has 1 fully saturated rings. The summed E-state index contributed by atoms with van der Waals surface area (Å²) in [5.41, 5.74) is 2.60. The van der Waals surface area contributed by atoms with Gasteiger partial charge >= 0.3 is 0 Å². The Kier molecular flexibility index (Phi) is 5.18. The van der Waals surface area contributed by atoms with Gasteiger partial charge in [-0.15, -0.1) is 0 Å². The van der Waals surface area contributed by atoms with Crippen LogP contribution in [0.4, 0.5) is 0 Å². The molecule has 4 nitrogen and oxygen atoms in total. The number of nitrogens with one attached hydrogen (secondary N) is 1. The Morgan fingerprint density at radius 1 is 1.43 bits per heavy atom. The Hall–Kier alpha value is -1.59. The molecule has 0 bridgehead atoms. The van der Waals surface area contributed by atoms with Gasteiger partial charge in [-0.25, -0.2) is 0 Å². The standard InChI is InChI=1S/C18H22N2O2S/c1-23-11-13(8-9-21)19-18(22)15-10-17(12-6-7-12)20-16-5-3-2-4-14(15)16/h2-5,10,12-13,21H,6-9,11H2,1H3,(H,19,22). The minimum atomic E-state index is -0.0713. The van der Waals surface area contributed by atoms with E-state index in [1.54, 1.807) is 11.8 Å². The number of hydrogen-bond acceptors (Lipinski definition) is 4. The number of pyridine rings is 1. The molecule has 1 aromatic carbocycles. The first-order valence-corrected chi connectivity index (χ1v) is 9.42. The lowest BCUT2D eigenvalue weighted by atomic mass is 10.0. The summed E-state index contributed by atoms with van der Waals surface area (Å²) in [5, 5.41) is 13.1. The van der Waals surface area contributed by atoms with Crippen molar-refractivity contribution >= 4 is 28.6 Å². The Balaban J connectivity index is 1.92. The second-order valence-electron chi connectivity index (χ2n) is 6.02. The smallest absolute Gasteiger partial charge is 0.252 e. The molecule has 5 heteroatoms. The van der Waals surface area contributed by atoms with E-state index in [1.807, 2.05) is 36.6 Å². The summed E-state index contributed by atoms with van der Waals surface area (Å²) in [4.78, 5) is 17.5. The van der Waals surface area contributed by atoms with Crippen LogP contribution in [0.1, 0.15) is 41.2 Å². The predicted octanol–water partition coefficient (Wildman–Crippen LogP) is 2.96. The van der Waals surface area contributed by atoms with Crippen LogP contribution < -0.4 is 5.32 Å². The number of hydrogen-bond donors (Lipinski definition) is 2. The number of para-hydroxylation sites is 1. The number of carbonyl (C=O) groups is 1. The predicted molar refractivity (Wildman–Crippen MR) is 95.1 cm³/mol. The van der Waals surface area contributed by atoms with Gasteiger partial charge in [0.25, 0.3) is 5.91 Å². The minimum absolute atomic E-state index is 0.0150. The van der Waals surface area contributed by atoms with Crippen LogP contribution in [0.15, 0.2) is 30.3 Å². The number of amides is 1. The summed E-state index contributed by atoms with van der Waals surface area (Å²) in [6.45, 7) is 0.0793. The molecule has 122 valence electrons. The van der Waals surface area contributed by atoms with Crippen molar-refractivity contribution in [3.8, 4) is 0 Å². The van der Waals surface area contributed by atoms with Crippen molar-refractivity contribution in [2.75, 3.05) is 18.6 Å². The molecule has 1 amide bonds. The van der Waals surface area contributed by atoms with Crippen LogP contribution in [0.25, 0.3) is 10.9 Å². The SMILES string of the molecule is CSCC(CCO)NC(=O)c1cc(C2CC2)nc2ccccc12. The van der Waals surface area contributed by atoms with Crippen molar-refractivity contribution in [2.45, 2.75) is 31.2 Å². The highest BCUT2D eigenvalue weighted by Crippen LogP contribution is 2.40.